The van der Waals surface area contributed by atoms with Gasteiger partial charge in [-0.2, -0.15) is 0 Å². The minimum Gasteiger partial charge on any atom is -0.481 e. The molecule has 18 heavy (non-hydrogen) atoms. The summed E-state index contributed by atoms with van der Waals surface area (Å²) in [7, 11) is 0. The van der Waals surface area contributed by atoms with Crippen molar-refractivity contribution in [2.24, 2.45) is 0 Å². The van der Waals surface area contributed by atoms with E-state index >= 15 is 0 Å². The number of nitrogens with zero attached hydrogens (tertiary/aromatic N) is 1. The van der Waals surface area contributed by atoms with Gasteiger partial charge in [-0.15, -0.1) is 0 Å². The van der Waals surface area contributed by atoms with Crippen LogP contribution in [0.15, 0.2) is 0 Å². The van der Waals surface area contributed by atoms with Crippen LogP contribution in [0.25, 0.3) is 0 Å². The van der Waals surface area contributed by atoms with Gasteiger partial charge >= 0.3 is 5.97 Å². The lowest BCUT2D eigenvalue weighted by Gasteiger charge is -2.26. The largest absolute Gasteiger partial charge is 0.481 e. The molecule has 0 fully saturated rings. The van der Waals surface area contributed by atoms with Crippen molar-refractivity contribution in [2.75, 3.05) is 6.54 Å². The molecule has 0 aromatic heterocycles. The summed E-state index contributed by atoms with van der Waals surface area (Å²) in [6, 6.07) is 0.0764. The number of carbonyl (C=O) groups is 2. The van der Waals surface area contributed by atoms with Gasteiger partial charge in [0, 0.05) is 19.0 Å². The Hall–Kier alpha value is -1.06. The van der Waals surface area contributed by atoms with Crippen molar-refractivity contribution in [1.82, 2.24) is 4.90 Å². The van der Waals surface area contributed by atoms with Crippen LogP contribution in [0, 0.1) is 0 Å². The molecule has 0 aliphatic heterocycles. The molecule has 0 radical (unpaired) electrons. The first-order valence-corrected chi connectivity index (χ1v) is 7.00. The fourth-order valence-corrected chi connectivity index (χ4v) is 1.91. The number of aliphatic carboxylic acids is 1. The number of carbonyl (C=O) groups excluding carboxylic acids is 1. The Morgan fingerprint density at radius 1 is 1.06 bits per heavy atom. The van der Waals surface area contributed by atoms with Crippen molar-refractivity contribution in [2.45, 2.75) is 71.8 Å². The zero-order valence-electron chi connectivity index (χ0n) is 11.9. The molecular formula is C14H27NO3. The van der Waals surface area contributed by atoms with E-state index in [1.165, 1.54) is 19.3 Å². The first-order chi connectivity index (χ1) is 8.49. The van der Waals surface area contributed by atoms with Gasteiger partial charge in [-0.25, -0.2) is 0 Å². The number of rotatable bonds is 10. The highest BCUT2D eigenvalue weighted by Crippen LogP contribution is 2.09. The maximum absolute atomic E-state index is 12.0. The van der Waals surface area contributed by atoms with Crippen molar-refractivity contribution < 1.29 is 14.7 Å². The summed E-state index contributed by atoms with van der Waals surface area (Å²) < 4.78 is 0. The van der Waals surface area contributed by atoms with Crippen LogP contribution in [-0.4, -0.2) is 34.5 Å². The normalized spacial score (nSPS) is 10.7. The van der Waals surface area contributed by atoms with Crippen LogP contribution in [0.5, 0.6) is 0 Å². The Bertz CT molecular complexity index is 251. The van der Waals surface area contributed by atoms with E-state index in [9.17, 15) is 9.59 Å². The SMILES string of the molecule is CCCCCCCC(=O)N(CCC(=O)O)C(C)C. The van der Waals surface area contributed by atoms with Crippen molar-refractivity contribution in [3.8, 4) is 0 Å². The first kappa shape index (κ1) is 16.9. The van der Waals surface area contributed by atoms with Gasteiger partial charge in [-0.3, -0.25) is 9.59 Å². The van der Waals surface area contributed by atoms with Crippen molar-refractivity contribution >= 4 is 11.9 Å². The van der Waals surface area contributed by atoms with Crippen LogP contribution in [0.3, 0.4) is 0 Å². The third-order valence-electron chi connectivity index (χ3n) is 3.00. The van der Waals surface area contributed by atoms with Crippen molar-refractivity contribution in [1.29, 1.82) is 0 Å². The van der Waals surface area contributed by atoms with Crippen LogP contribution >= 0.6 is 0 Å². The Labute approximate surface area is 110 Å². The lowest BCUT2D eigenvalue weighted by molar-refractivity contribution is -0.139. The Kier molecular flexibility index (Phi) is 9.33. The topological polar surface area (TPSA) is 57.6 Å². The lowest BCUT2D eigenvalue weighted by Crippen LogP contribution is -2.38. The zero-order valence-corrected chi connectivity index (χ0v) is 11.9. The number of hydrogen-bond acceptors (Lipinski definition) is 2. The molecule has 0 saturated carbocycles. The molecule has 0 atom stereocenters. The number of amides is 1. The van der Waals surface area contributed by atoms with E-state index in [0.717, 1.165) is 12.8 Å². The summed E-state index contributed by atoms with van der Waals surface area (Å²) in [5.41, 5.74) is 0. The predicted octanol–water partition coefficient (Wildman–Crippen LogP) is 3.06. The average Bonchev–Trinajstić information content (AvgIpc) is 2.28. The zero-order chi connectivity index (χ0) is 14.0. The van der Waals surface area contributed by atoms with Crippen LogP contribution in [-0.2, 0) is 9.59 Å². The molecule has 4 nitrogen and oxygen atoms in total. The van der Waals surface area contributed by atoms with Crippen LogP contribution < -0.4 is 0 Å². The van der Waals surface area contributed by atoms with E-state index in [-0.39, 0.29) is 18.4 Å². The highest BCUT2D eigenvalue weighted by molar-refractivity contribution is 5.77. The predicted molar refractivity (Wildman–Crippen MR) is 72.5 cm³/mol. The summed E-state index contributed by atoms with van der Waals surface area (Å²) in [6.45, 7) is 6.34. The maximum atomic E-state index is 12.0. The summed E-state index contributed by atoms with van der Waals surface area (Å²) in [6.07, 6.45) is 6.17. The summed E-state index contributed by atoms with van der Waals surface area (Å²) in [5.74, 6) is -0.765. The second-order valence-corrected chi connectivity index (χ2v) is 4.99. The molecule has 0 rings (SSSR count). The van der Waals surface area contributed by atoms with E-state index in [0.29, 0.717) is 13.0 Å². The molecule has 1 N–H and O–H groups in total. The van der Waals surface area contributed by atoms with E-state index < -0.39 is 5.97 Å². The molecule has 0 spiro atoms. The van der Waals surface area contributed by atoms with E-state index in [1.54, 1.807) is 4.90 Å². The van der Waals surface area contributed by atoms with E-state index in [2.05, 4.69) is 6.92 Å². The van der Waals surface area contributed by atoms with Crippen LogP contribution in [0.1, 0.15) is 65.7 Å². The number of hydrogen-bond donors (Lipinski definition) is 1. The third-order valence-corrected chi connectivity index (χ3v) is 3.00. The van der Waals surface area contributed by atoms with Crippen molar-refractivity contribution in [3.05, 3.63) is 0 Å². The number of carboxylic acids is 1. The fraction of sp³-hybridized carbons (Fsp3) is 0.857. The molecule has 0 heterocycles. The van der Waals surface area contributed by atoms with E-state index in [4.69, 9.17) is 5.11 Å². The van der Waals surface area contributed by atoms with Gasteiger partial charge in [-0.05, 0) is 20.3 Å². The minimum atomic E-state index is -0.851. The molecule has 0 aromatic carbocycles. The van der Waals surface area contributed by atoms with E-state index in [1.807, 2.05) is 13.8 Å². The second kappa shape index (κ2) is 9.92. The smallest absolute Gasteiger partial charge is 0.305 e. The van der Waals surface area contributed by atoms with Gasteiger partial charge in [-0.1, -0.05) is 32.6 Å². The van der Waals surface area contributed by atoms with Crippen molar-refractivity contribution in [3.63, 3.8) is 0 Å². The molecular weight excluding hydrogens is 230 g/mol. The third kappa shape index (κ3) is 8.09. The summed E-state index contributed by atoms with van der Waals surface area (Å²) in [4.78, 5) is 24.2. The van der Waals surface area contributed by atoms with Gasteiger partial charge in [0.25, 0.3) is 0 Å². The Morgan fingerprint density at radius 2 is 1.67 bits per heavy atom. The molecule has 0 saturated heterocycles. The summed E-state index contributed by atoms with van der Waals surface area (Å²) in [5, 5.41) is 8.66. The standard InChI is InChI=1S/C14H27NO3/c1-4-5-6-7-8-9-13(16)15(12(2)3)11-10-14(17)18/h12H,4-11H2,1-3H3,(H,17,18). The second-order valence-electron chi connectivity index (χ2n) is 4.99. The van der Waals surface area contributed by atoms with Gasteiger partial charge in [0.2, 0.25) is 5.91 Å². The summed E-state index contributed by atoms with van der Waals surface area (Å²) >= 11 is 0. The molecule has 1 amide bonds. The lowest BCUT2D eigenvalue weighted by atomic mass is 10.1. The molecule has 0 unspecified atom stereocenters. The molecule has 0 aliphatic carbocycles. The fourth-order valence-electron chi connectivity index (χ4n) is 1.91. The molecule has 4 heteroatoms. The van der Waals surface area contributed by atoms with Gasteiger partial charge in [0.05, 0.1) is 6.42 Å². The number of unbranched alkanes of at least 4 members (excludes halogenated alkanes) is 4. The number of carboxylic acid groups (broad SMARTS) is 1. The molecule has 0 bridgehead atoms. The molecule has 0 aliphatic rings. The van der Waals surface area contributed by atoms with Gasteiger partial charge in [0.1, 0.15) is 0 Å². The maximum Gasteiger partial charge on any atom is 0.305 e. The van der Waals surface area contributed by atoms with Gasteiger partial charge < -0.3 is 10.0 Å². The van der Waals surface area contributed by atoms with Crippen LogP contribution in [0.2, 0.25) is 0 Å². The average molecular weight is 257 g/mol. The minimum absolute atomic E-state index is 0.0275. The quantitative estimate of drug-likeness (QED) is 0.612. The first-order valence-electron chi connectivity index (χ1n) is 7.00. The van der Waals surface area contributed by atoms with Gasteiger partial charge in [0.15, 0.2) is 0 Å². The molecule has 0 aromatic rings. The van der Waals surface area contributed by atoms with Crippen LogP contribution in [0.4, 0.5) is 0 Å². The Morgan fingerprint density at radius 3 is 2.17 bits per heavy atom. The highest BCUT2D eigenvalue weighted by Gasteiger charge is 2.17. The monoisotopic (exact) mass is 257 g/mol. The Balaban J connectivity index is 3.95. The molecule has 106 valence electrons. The highest BCUT2D eigenvalue weighted by atomic mass is 16.4.